The summed E-state index contributed by atoms with van der Waals surface area (Å²) in [5, 5.41) is 12.7. The van der Waals surface area contributed by atoms with Crippen LogP contribution in [0.2, 0.25) is 0 Å². The van der Waals surface area contributed by atoms with Gasteiger partial charge in [-0.3, -0.25) is 4.68 Å². The highest BCUT2D eigenvalue weighted by atomic mass is 16.5. The number of hydrogen-bond donors (Lipinski definition) is 1. The maximum atomic E-state index is 5.52. The van der Waals surface area contributed by atoms with Crippen molar-refractivity contribution in [3.8, 4) is 11.3 Å². The van der Waals surface area contributed by atoms with Crippen molar-refractivity contribution in [3.63, 3.8) is 0 Å². The van der Waals surface area contributed by atoms with Crippen LogP contribution in [0.1, 0.15) is 35.8 Å². The molecule has 5 rings (SSSR count). The largest absolute Gasteiger partial charge is 0.381 e. The third-order valence-corrected chi connectivity index (χ3v) is 5.58. The standard InChI is InChI=1S/C22H25N7O/c1-15-12-20(17-8-10-30-11-9-17)29-22(24-15)25-21(27-29)23-14-18-13-19(26-28(18)2)16-6-4-3-5-7-16/h3-7,12-13,17H,8-11,14H2,1-2H3,(H,23,27). The van der Waals surface area contributed by atoms with E-state index in [0.29, 0.717) is 24.2 Å². The van der Waals surface area contributed by atoms with Gasteiger partial charge in [0.05, 0.1) is 23.6 Å². The van der Waals surface area contributed by atoms with Crippen LogP contribution in [0.4, 0.5) is 5.95 Å². The summed E-state index contributed by atoms with van der Waals surface area (Å²) in [6.45, 7) is 4.17. The van der Waals surface area contributed by atoms with E-state index in [1.54, 1.807) is 0 Å². The number of nitrogens with zero attached hydrogens (tertiary/aromatic N) is 6. The van der Waals surface area contributed by atoms with E-state index in [-0.39, 0.29) is 0 Å². The molecule has 0 saturated carbocycles. The predicted octanol–water partition coefficient (Wildman–Crippen LogP) is 3.34. The Morgan fingerprint density at radius 3 is 2.67 bits per heavy atom. The monoisotopic (exact) mass is 403 g/mol. The van der Waals surface area contributed by atoms with Gasteiger partial charge in [0.2, 0.25) is 5.95 Å². The SMILES string of the molecule is Cc1cc(C2CCOCC2)n2nc(NCc3cc(-c4ccccc4)nn3C)nc2n1. The van der Waals surface area contributed by atoms with Gasteiger partial charge < -0.3 is 10.1 Å². The summed E-state index contributed by atoms with van der Waals surface area (Å²) < 4.78 is 9.29. The number of nitrogens with one attached hydrogen (secondary N) is 1. The molecule has 0 unspecified atom stereocenters. The van der Waals surface area contributed by atoms with Crippen molar-refractivity contribution in [1.82, 2.24) is 29.4 Å². The van der Waals surface area contributed by atoms with Crippen LogP contribution in [0.25, 0.3) is 17.0 Å². The highest BCUT2D eigenvalue weighted by Gasteiger charge is 2.21. The predicted molar refractivity (Wildman–Crippen MR) is 114 cm³/mol. The molecule has 4 aromatic rings. The molecular formula is C22H25N7O. The average Bonchev–Trinajstić information content (AvgIpc) is 3.35. The maximum absolute atomic E-state index is 5.52. The van der Waals surface area contributed by atoms with E-state index >= 15 is 0 Å². The molecule has 3 aromatic heterocycles. The first-order chi connectivity index (χ1) is 14.7. The van der Waals surface area contributed by atoms with Crippen LogP contribution >= 0.6 is 0 Å². The Balaban J connectivity index is 1.38. The molecule has 8 heteroatoms. The van der Waals surface area contributed by atoms with E-state index in [9.17, 15) is 0 Å². The molecule has 1 aromatic carbocycles. The zero-order valence-corrected chi connectivity index (χ0v) is 17.2. The van der Waals surface area contributed by atoms with Crippen molar-refractivity contribution in [2.24, 2.45) is 7.05 Å². The number of anilines is 1. The lowest BCUT2D eigenvalue weighted by Gasteiger charge is -2.22. The lowest BCUT2D eigenvalue weighted by Crippen LogP contribution is -2.17. The smallest absolute Gasteiger partial charge is 0.254 e. The Kier molecular flexibility index (Phi) is 4.92. The summed E-state index contributed by atoms with van der Waals surface area (Å²) in [4.78, 5) is 9.18. The molecule has 1 N–H and O–H groups in total. The third-order valence-electron chi connectivity index (χ3n) is 5.58. The Morgan fingerprint density at radius 1 is 1.07 bits per heavy atom. The maximum Gasteiger partial charge on any atom is 0.254 e. The van der Waals surface area contributed by atoms with Crippen LogP contribution in [0.15, 0.2) is 42.5 Å². The second kappa shape index (κ2) is 7.87. The van der Waals surface area contributed by atoms with E-state index in [1.165, 1.54) is 0 Å². The van der Waals surface area contributed by atoms with Gasteiger partial charge in [-0.15, -0.1) is 5.10 Å². The number of fused-ring (bicyclic) bond motifs is 1. The normalized spacial score (nSPS) is 15.0. The number of aromatic nitrogens is 6. The first kappa shape index (κ1) is 18.7. The van der Waals surface area contributed by atoms with Crippen molar-refractivity contribution in [2.75, 3.05) is 18.5 Å². The fourth-order valence-electron chi connectivity index (χ4n) is 3.96. The number of ether oxygens (including phenoxy) is 1. The zero-order valence-electron chi connectivity index (χ0n) is 17.2. The van der Waals surface area contributed by atoms with Gasteiger partial charge in [-0.2, -0.15) is 14.6 Å². The van der Waals surface area contributed by atoms with Gasteiger partial charge in [-0.1, -0.05) is 30.3 Å². The molecule has 0 radical (unpaired) electrons. The Morgan fingerprint density at radius 2 is 1.87 bits per heavy atom. The summed E-state index contributed by atoms with van der Waals surface area (Å²) in [5.74, 6) is 1.63. The molecule has 0 spiro atoms. The van der Waals surface area contributed by atoms with E-state index in [2.05, 4.69) is 44.6 Å². The van der Waals surface area contributed by atoms with Crippen molar-refractivity contribution < 1.29 is 4.74 Å². The minimum Gasteiger partial charge on any atom is -0.381 e. The van der Waals surface area contributed by atoms with Gasteiger partial charge in [-0.05, 0) is 31.9 Å². The number of benzene rings is 1. The minimum absolute atomic E-state index is 0.419. The van der Waals surface area contributed by atoms with Crippen LogP contribution in [0, 0.1) is 6.92 Å². The van der Waals surface area contributed by atoms with E-state index in [1.807, 2.05) is 41.4 Å². The number of rotatable bonds is 5. The van der Waals surface area contributed by atoms with Crippen LogP contribution in [-0.2, 0) is 18.3 Å². The van der Waals surface area contributed by atoms with Crippen LogP contribution in [0.3, 0.4) is 0 Å². The number of aryl methyl sites for hydroxylation is 2. The number of hydrogen-bond acceptors (Lipinski definition) is 6. The van der Waals surface area contributed by atoms with Crippen molar-refractivity contribution in [3.05, 3.63) is 59.5 Å². The minimum atomic E-state index is 0.419. The Labute approximate surface area is 174 Å². The highest BCUT2D eigenvalue weighted by Crippen LogP contribution is 2.27. The van der Waals surface area contributed by atoms with Gasteiger partial charge in [0.15, 0.2) is 0 Å². The second-order valence-corrected chi connectivity index (χ2v) is 7.72. The van der Waals surface area contributed by atoms with Crippen molar-refractivity contribution in [1.29, 1.82) is 0 Å². The van der Waals surface area contributed by atoms with Gasteiger partial charge in [-0.25, -0.2) is 4.98 Å². The summed E-state index contributed by atoms with van der Waals surface area (Å²) in [7, 11) is 1.95. The van der Waals surface area contributed by atoms with Gasteiger partial charge in [0.25, 0.3) is 5.78 Å². The van der Waals surface area contributed by atoms with Crippen molar-refractivity contribution >= 4 is 11.7 Å². The molecule has 1 fully saturated rings. The Hall–Kier alpha value is -3.26. The Bertz CT molecular complexity index is 1160. The summed E-state index contributed by atoms with van der Waals surface area (Å²) in [6.07, 6.45) is 2.00. The highest BCUT2D eigenvalue weighted by molar-refractivity contribution is 5.59. The van der Waals surface area contributed by atoms with Gasteiger partial charge in [0.1, 0.15) is 0 Å². The van der Waals surface area contributed by atoms with Crippen LogP contribution in [0.5, 0.6) is 0 Å². The van der Waals surface area contributed by atoms with Crippen molar-refractivity contribution in [2.45, 2.75) is 32.2 Å². The summed E-state index contributed by atoms with van der Waals surface area (Å²) in [5.41, 5.74) is 5.24. The van der Waals surface area contributed by atoms with Crippen LogP contribution in [-0.4, -0.2) is 42.6 Å². The molecule has 0 aliphatic carbocycles. The van der Waals surface area contributed by atoms with Crippen LogP contribution < -0.4 is 5.32 Å². The van der Waals surface area contributed by atoms with E-state index < -0.39 is 0 Å². The lowest BCUT2D eigenvalue weighted by molar-refractivity contribution is 0.0840. The van der Waals surface area contributed by atoms with Gasteiger partial charge in [0, 0.05) is 37.4 Å². The molecule has 1 saturated heterocycles. The van der Waals surface area contributed by atoms with E-state index in [4.69, 9.17) is 9.84 Å². The fourth-order valence-corrected chi connectivity index (χ4v) is 3.96. The summed E-state index contributed by atoms with van der Waals surface area (Å²) >= 11 is 0. The first-order valence-electron chi connectivity index (χ1n) is 10.3. The second-order valence-electron chi connectivity index (χ2n) is 7.72. The third kappa shape index (κ3) is 3.66. The zero-order chi connectivity index (χ0) is 20.5. The molecular weight excluding hydrogens is 378 g/mol. The lowest BCUT2D eigenvalue weighted by atomic mass is 9.96. The topological polar surface area (TPSA) is 82.2 Å². The quantitative estimate of drug-likeness (QED) is 0.550. The summed E-state index contributed by atoms with van der Waals surface area (Å²) in [6, 6.07) is 14.4. The first-order valence-corrected chi connectivity index (χ1v) is 10.3. The molecule has 4 heterocycles. The molecule has 1 aliphatic heterocycles. The molecule has 1 aliphatic rings. The van der Waals surface area contributed by atoms with E-state index in [0.717, 1.165) is 54.4 Å². The average molecular weight is 403 g/mol. The van der Waals surface area contributed by atoms with Gasteiger partial charge >= 0.3 is 0 Å². The molecule has 0 atom stereocenters. The molecule has 154 valence electrons. The molecule has 0 bridgehead atoms. The molecule has 8 nitrogen and oxygen atoms in total. The molecule has 30 heavy (non-hydrogen) atoms. The molecule has 0 amide bonds. The fraction of sp³-hybridized carbons (Fsp3) is 0.364.